The lowest BCUT2D eigenvalue weighted by Crippen LogP contribution is -2.22. The molecule has 0 bridgehead atoms. The Bertz CT molecular complexity index is 1810. The normalized spacial score (nSPS) is 11.4. The van der Waals surface area contributed by atoms with E-state index in [1.807, 2.05) is 12.1 Å². The molecule has 0 amide bonds. The highest BCUT2D eigenvalue weighted by Gasteiger charge is 2.38. The van der Waals surface area contributed by atoms with Gasteiger partial charge in [0.15, 0.2) is 0 Å². The Morgan fingerprint density at radius 1 is 0.453 bits per heavy atom. The summed E-state index contributed by atoms with van der Waals surface area (Å²) in [7, 11) is 0. The van der Waals surface area contributed by atoms with Gasteiger partial charge in [0, 0.05) is 57.1 Å². The largest absolute Gasteiger partial charge is 0.449 e. The second kappa shape index (κ2) is 20.1. The molecule has 6 aromatic rings. The molecule has 0 unspecified atom stereocenters. The molecular formula is C36H29F9N2O3S3. The van der Waals surface area contributed by atoms with Crippen molar-refractivity contribution in [3.63, 3.8) is 0 Å². The Kier molecular flexibility index (Phi) is 16.3. The Morgan fingerprint density at radius 3 is 1.00 bits per heavy atom. The third-order valence-electron chi connectivity index (χ3n) is 6.83. The van der Waals surface area contributed by atoms with Crippen molar-refractivity contribution in [1.29, 1.82) is 0 Å². The van der Waals surface area contributed by atoms with Crippen LogP contribution in [0.25, 0.3) is 21.8 Å². The Balaban J connectivity index is 0.000000190. The highest BCUT2D eigenvalue weighted by atomic mass is 32.1. The fraction of sp³-hybridized carbons (Fsp3) is 0.250. The first-order chi connectivity index (χ1) is 24.9. The lowest BCUT2D eigenvalue weighted by atomic mass is 10.1. The van der Waals surface area contributed by atoms with Crippen molar-refractivity contribution >= 4 is 73.2 Å². The van der Waals surface area contributed by atoms with Crippen molar-refractivity contribution in [2.45, 2.75) is 57.1 Å². The van der Waals surface area contributed by atoms with E-state index >= 15 is 0 Å². The molecule has 5 heterocycles. The molecule has 6 rings (SSSR count). The molecule has 53 heavy (non-hydrogen) atoms. The number of Topliss-reactive ketones (excluding diaryl/α,β-unsaturated/α-hetero) is 3. The Hall–Kier alpha value is -4.48. The van der Waals surface area contributed by atoms with Crippen LogP contribution in [0, 0.1) is 0 Å². The van der Waals surface area contributed by atoms with Gasteiger partial charge in [-0.3, -0.25) is 24.4 Å². The zero-order valence-electron chi connectivity index (χ0n) is 27.3. The summed E-state index contributed by atoms with van der Waals surface area (Å²) >= 11 is 4.07. The third kappa shape index (κ3) is 15.2. The molecule has 0 atom stereocenters. The van der Waals surface area contributed by atoms with Gasteiger partial charge in [0.05, 0.1) is 11.0 Å². The van der Waals surface area contributed by atoms with Crippen LogP contribution in [0.2, 0.25) is 0 Å². The van der Waals surface area contributed by atoms with Crippen LogP contribution < -0.4 is 0 Å². The summed E-state index contributed by atoms with van der Waals surface area (Å²) in [6, 6.07) is 22.5. The first kappa shape index (κ1) is 42.9. The van der Waals surface area contributed by atoms with Crippen LogP contribution >= 0.6 is 34.0 Å². The molecule has 0 aliphatic carbocycles. The third-order valence-corrected chi connectivity index (χ3v) is 9.64. The van der Waals surface area contributed by atoms with Crippen molar-refractivity contribution < 1.29 is 53.9 Å². The zero-order chi connectivity index (χ0) is 39.1. The van der Waals surface area contributed by atoms with E-state index in [0.717, 1.165) is 36.4 Å². The number of benzene rings is 1. The number of fused-ring (bicyclic) bond motifs is 3. The van der Waals surface area contributed by atoms with Gasteiger partial charge in [-0.2, -0.15) is 39.5 Å². The topological polar surface area (TPSA) is 77.0 Å². The predicted octanol–water partition coefficient (Wildman–Crippen LogP) is 11.2. The van der Waals surface area contributed by atoms with Crippen molar-refractivity contribution in [3.8, 4) is 0 Å². The lowest BCUT2D eigenvalue weighted by molar-refractivity contribution is -0.171. The number of rotatable bonds is 9. The zero-order valence-corrected chi connectivity index (χ0v) is 29.8. The van der Waals surface area contributed by atoms with Gasteiger partial charge in [-0.15, -0.1) is 34.0 Å². The summed E-state index contributed by atoms with van der Waals surface area (Å²) in [6.45, 7) is 0. The fourth-order valence-electron chi connectivity index (χ4n) is 4.18. The van der Waals surface area contributed by atoms with Crippen LogP contribution in [-0.4, -0.2) is 45.8 Å². The number of carbonyl (C=O) groups is 3. The van der Waals surface area contributed by atoms with Gasteiger partial charge in [0.1, 0.15) is 0 Å². The van der Waals surface area contributed by atoms with Crippen LogP contribution in [0.5, 0.6) is 0 Å². The number of pyridine rings is 2. The minimum Gasteiger partial charge on any atom is -0.290 e. The van der Waals surface area contributed by atoms with Gasteiger partial charge >= 0.3 is 18.5 Å². The molecule has 0 spiro atoms. The van der Waals surface area contributed by atoms with Crippen LogP contribution in [0.1, 0.15) is 33.9 Å². The van der Waals surface area contributed by atoms with Crippen LogP contribution in [-0.2, 0) is 33.6 Å². The first-order valence-electron chi connectivity index (χ1n) is 15.4. The minimum absolute atomic E-state index is 0.177. The molecule has 17 heteroatoms. The second-order valence-corrected chi connectivity index (χ2v) is 13.8. The number of ketones is 3. The number of thiophene rings is 3. The van der Waals surface area contributed by atoms with Gasteiger partial charge in [0.25, 0.3) is 0 Å². The van der Waals surface area contributed by atoms with Crippen molar-refractivity contribution in [2.75, 3.05) is 0 Å². The van der Waals surface area contributed by atoms with E-state index in [1.165, 1.54) is 34.0 Å². The Labute approximate surface area is 309 Å². The number of hydrogen-bond acceptors (Lipinski definition) is 8. The number of hydrogen-bond donors (Lipinski definition) is 0. The molecule has 0 radical (unpaired) electrons. The molecule has 282 valence electrons. The second-order valence-electron chi connectivity index (χ2n) is 10.7. The quantitative estimate of drug-likeness (QED) is 0.107. The monoisotopic (exact) mass is 804 g/mol. The number of carbonyl (C=O) groups excluding carboxylic acids is 3. The molecule has 5 aromatic heterocycles. The number of aryl methyl sites for hydroxylation is 3. The van der Waals surface area contributed by atoms with E-state index in [2.05, 4.69) is 34.2 Å². The number of nitrogens with zero attached hydrogens (tertiary/aromatic N) is 2. The maximum Gasteiger partial charge on any atom is 0.449 e. The van der Waals surface area contributed by atoms with E-state index < -0.39 is 55.1 Å². The van der Waals surface area contributed by atoms with Crippen molar-refractivity contribution in [3.05, 3.63) is 116 Å². The molecule has 0 fully saturated rings. The lowest BCUT2D eigenvalue weighted by Gasteiger charge is -2.03. The average Bonchev–Trinajstić information content (AvgIpc) is 3.93. The van der Waals surface area contributed by atoms with Gasteiger partial charge < -0.3 is 0 Å². The van der Waals surface area contributed by atoms with Crippen LogP contribution in [0.4, 0.5) is 39.5 Å². The highest BCUT2D eigenvalue weighted by molar-refractivity contribution is 7.10. The van der Waals surface area contributed by atoms with E-state index in [-0.39, 0.29) is 19.3 Å². The fourth-order valence-corrected chi connectivity index (χ4v) is 6.31. The summed E-state index contributed by atoms with van der Waals surface area (Å²) < 4.78 is 106. The molecular weight excluding hydrogens is 776 g/mol. The van der Waals surface area contributed by atoms with Gasteiger partial charge in [-0.05, 0) is 65.7 Å². The first-order valence-corrected chi connectivity index (χ1v) is 18.0. The number of alkyl halides is 9. The Morgan fingerprint density at radius 2 is 0.755 bits per heavy atom. The minimum atomic E-state index is -4.68. The van der Waals surface area contributed by atoms with Crippen LogP contribution in [0.15, 0.2) is 101 Å². The summed E-state index contributed by atoms with van der Waals surface area (Å²) in [6.07, 6.45) is -11.3. The molecule has 5 nitrogen and oxygen atoms in total. The smallest absolute Gasteiger partial charge is 0.290 e. The van der Waals surface area contributed by atoms with Crippen LogP contribution in [0.3, 0.4) is 0 Å². The SMILES string of the molecule is O=C(CCc1cccs1)C(F)(F)F.O=C(CCc1cccs1)C(F)(F)F.O=C(CCc1cccs1)C(F)(F)F.c1cnc2c(c1)ccc1cccnc12. The summed E-state index contributed by atoms with van der Waals surface area (Å²) in [5.41, 5.74) is 1.95. The maximum atomic E-state index is 11.7. The molecule has 0 saturated carbocycles. The van der Waals surface area contributed by atoms with Gasteiger partial charge in [-0.25, -0.2) is 0 Å². The molecule has 0 N–H and O–H groups in total. The van der Waals surface area contributed by atoms with E-state index in [1.54, 1.807) is 64.9 Å². The standard InChI is InChI=1S/C12H8N2.3C8H7F3OS/c1-3-9-5-6-10-4-2-8-14-12(10)11(9)13-7-1;3*9-8(10,11)7(12)4-3-6-2-1-5-13-6/h1-8H;3*1-2,5H,3-4H2. The van der Waals surface area contributed by atoms with Gasteiger partial charge in [0.2, 0.25) is 17.3 Å². The molecule has 0 aliphatic rings. The predicted molar refractivity (Wildman–Crippen MR) is 188 cm³/mol. The molecule has 0 aliphatic heterocycles. The molecule has 0 saturated heterocycles. The van der Waals surface area contributed by atoms with Crippen molar-refractivity contribution in [2.24, 2.45) is 0 Å². The summed E-state index contributed by atoms with van der Waals surface area (Å²) in [4.78, 5) is 42.4. The maximum absolute atomic E-state index is 11.7. The molecule has 1 aromatic carbocycles. The van der Waals surface area contributed by atoms with E-state index in [0.29, 0.717) is 0 Å². The van der Waals surface area contributed by atoms with E-state index in [9.17, 15) is 53.9 Å². The van der Waals surface area contributed by atoms with Gasteiger partial charge in [-0.1, -0.05) is 42.5 Å². The number of halogens is 9. The van der Waals surface area contributed by atoms with E-state index in [4.69, 9.17) is 0 Å². The number of aromatic nitrogens is 2. The summed E-state index contributed by atoms with van der Waals surface area (Å²) in [5, 5.41) is 7.59. The summed E-state index contributed by atoms with van der Waals surface area (Å²) in [5.74, 6) is -4.96. The average molecular weight is 805 g/mol. The van der Waals surface area contributed by atoms with Crippen molar-refractivity contribution in [1.82, 2.24) is 9.97 Å². The highest BCUT2D eigenvalue weighted by Crippen LogP contribution is 2.23.